The third kappa shape index (κ3) is 1.76. The van der Waals surface area contributed by atoms with Gasteiger partial charge in [-0.3, -0.25) is 10.1 Å². The molecule has 0 saturated heterocycles. The topological polar surface area (TPSA) is 46.1 Å². The zero-order valence-corrected chi connectivity index (χ0v) is 11.0. The van der Waals surface area contributed by atoms with Crippen molar-refractivity contribution < 1.29 is 4.79 Å². The van der Waals surface area contributed by atoms with E-state index in [9.17, 15) is 4.79 Å². The van der Waals surface area contributed by atoms with E-state index < -0.39 is 0 Å². The minimum absolute atomic E-state index is 0.0106. The van der Waals surface area contributed by atoms with Crippen LogP contribution in [-0.2, 0) is 0 Å². The van der Waals surface area contributed by atoms with E-state index in [0.717, 1.165) is 29.2 Å². The van der Waals surface area contributed by atoms with Crippen LogP contribution in [0.5, 0.6) is 0 Å². The molecule has 1 unspecified atom stereocenters. The Kier molecular flexibility index (Phi) is 2.93. The normalized spacial score (nSPS) is 17.8. The molecule has 2 N–H and O–H groups in total. The summed E-state index contributed by atoms with van der Waals surface area (Å²) < 4.78 is 2.09. The summed E-state index contributed by atoms with van der Waals surface area (Å²) in [4.78, 5) is 12.1. The quantitative estimate of drug-likeness (QED) is 0.890. The Labute approximate surface area is 110 Å². The molecule has 0 fully saturated rings. The fraction of sp³-hybridized carbons (Fsp3) is 0.308. The maximum absolute atomic E-state index is 12.1. The second-order valence-corrected chi connectivity index (χ2v) is 5.20. The first kappa shape index (κ1) is 11.5. The first-order chi connectivity index (χ1) is 8.81. The van der Waals surface area contributed by atoms with Crippen LogP contribution in [-0.4, -0.2) is 17.0 Å². The van der Waals surface area contributed by atoms with Crippen molar-refractivity contribution in [1.82, 2.24) is 15.2 Å². The predicted molar refractivity (Wildman–Crippen MR) is 72.1 cm³/mol. The van der Waals surface area contributed by atoms with Crippen molar-refractivity contribution in [3.63, 3.8) is 0 Å². The molecule has 1 atom stereocenters. The van der Waals surface area contributed by atoms with Gasteiger partial charge < -0.3 is 9.88 Å². The van der Waals surface area contributed by atoms with Gasteiger partial charge in [-0.25, -0.2) is 0 Å². The Balaban J connectivity index is 2.05. The molecule has 1 aliphatic rings. The fourth-order valence-electron chi connectivity index (χ4n) is 2.20. The molecular weight excluding hydrogens is 246 g/mol. The molecule has 18 heavy (non-hydrogen) atoms. The Bertz CT molecular complexity index is 572. The van der Waals surface area contributed by atoms with Crippen LogP contribution in [0.2, 0.25) is 0 Å². The lowest BCUT2D eigenvalue weighted by atomic mass is 10.3. The van der Waals surface area contributed by atoms with Crippen LogP contribution in [0, 0.1) is 0 Å². The van der Waals surface area contributed by atoms with E-state index in [4.69, 9.17) is 0 Å². The minimum Gasteiger partial charge on any atom is -0.331 e. The smallest absolute Gasteiger partial charge is 0.255 e. The maximum Gasteiger partial charge on any atom is 0.255 e. The van der Waals surface area contributed by atoms with Gasteiger partial charge in [0.15, 0.2) is 0 Å². The third-order valence-corrected chi connectivity index (χ3v) is 3.97. The van der Waals surface area contributed by atoms with Crippen molar-refractivity contribution in [1.29, 1.82) is 0 Å². The van der Waals surface area contributed by atoms with Gasteiger partial charge in [-0.05, 0) is 36.5 Å². The lowest BCUT2D eigenvalue weighted by Gasteiger charge is -2.18. The number of nitrogens with one attached hydrogen (secondary N) is 2. The molecule has 2 aromatic heterocycles. The number of carbonyl (C=O) groups excluding carboxylic acids is 1. The molecule has 3 rings (SSSR count). The Hall–Kier alpha value is -1.59. The molecule has 1 amide bonds. The van der Waals surface area contributed by atoms with Crippen LogP contribution in [0.1, 0.15) is 35.6 Å². The van der Waals surface area contributed by atoms with Crippen molar-refractivity contribution in [2.45, 2.75) is 19.5 Å². The van der Waals surface area contributed by atoms with E-state index in [1.165, 1.54) is 0 Å². The van der Waals surface area contributed by atoms with E-state index in [2.05, 4.69) is 22.1 Å². The molecular formula is C13H15N3OS. The van der Waals surface area contributed by atoms with E-state index >= 15 is 0 Å². The standard InChI is InChI=1S/C13H15N3OS/c1-2-6-14-11-10-4-3-7-16(10)13-9(5-8-18-13)12(17)15-11/h3-5,7-8,11,14H,2,6H2,1H3,(H,15,17). The number of hydrogen-bond acceptors (Lipinski definition) is 3. The van der Waals surface area contributed by atoms with Crippen molar-refractivity contribution in [3.8, 4) is 5.00 Å². The number of rotatable bonds is 3. The van der Waals surface area contributed by atoms with Gasteiger partial charge in [0.1, 0.15) is 11.2 Å². The van der Waals surface area contributed by atoms with Crippen molar-refractivity contribution in [3.05, 3.63) is 41.0 Å². The van der Waals surface area contributed by atoms with E-state index in [-0.39, 0.29) is 12.1 Å². The van der Waals surface area contributed by atoms with Crippen LogP contribution in [0.4, 0.5) is 0 Å². The summed E-state index contributed by atoms with van der Waals surface area (Å²) in [5.41, 5.74) is 1.83. The van der Waals surface area contributed by atoms with Crippen LogP contribution in [0.15, 0.2) is 29.8 Å². The first-order valence-corrected chi connectivity index (χ1v) is 6.98. The van der Waals surface area contributed by atoms with Gasteiger partial charge in [0.25, 0.3) is 5.91 Å². The fourth-order valence-corrected chi connectivity index (χ4v) is 3.10. The van der Waals surface area contributed by atoms with E-state index in [1.54, 1.807) is 11.3 Å². The molecule has 94 valence electrons. The molecule has 2 aromatic rings. The van der Waals surface area contributed by atoms with Gasteiger partial charge in [-0.1, -0.05) is 6.92 Å². The molecule has 0 spiro atoms. The first-order valence-electron chi connectivity index (χ1n) is 6.10. The Morgan fingerprint density at radius 2 is 2.39 bits per heavy atom. The number of nitrogens with zero attached hydrogens (tertiary/aromatic N) is 1. The van der Waals surface area contributed by atoms with Gasteiger partial charge in [-0.2, -0.15) is 0 Å². The summed E-state index contributed by atoms with van der Waals surface area (Å²) in [6.07, 6.45) is 2.92. The molecule has 0 saturated carbocycles. The molecule has 3 heterocycles. The zero-order valence-electron chi connectivity index (χ0n) is 10.1. The summed E-state index contributed by atoms with van der Waals surface area (Å²) in [5, 5.41) is 9.34. The summed E-state index contributed by atoms with van der Waals surface area (Å²) in [6, 6.07) is 5.93. The predicted octanol–water partition coefficient (Wildman–Crippen LogP) is 2.28. The monoisotopic (exact) mass is 261 g/mol. The number of thiophene rings is 1. The lowest BCUT2D eigenvalue weighted by molar-refractivity contribution is 0.0931. The highest BCUT2D eigenvalue weighted by Crippen LogP contribution is 2.29. The highest BCUT2D eigenvalue weighted by Gasteiger charge is 2.26. The van der Waals surface area contributed by atoms with Crippen LogP contribution in [0.3, 0.4) is 0 Å². The second kappa shape index (κ2) is 4.59. The average Bonchev–Trinajstić information content (AvgIpc) is 2.99. The van der Waals surface area contributed by atoms with Crippen molar-refractivity contribution >= 4 is 17.2 Å². The molecule has 0 bridgehead atoms. The van der Waals surface area contributed by atoms with Gasteiger partial charge in [0, 0.05) is 6.20 Å². The zero-order chi connectivity index (χ0) is 12.5. The van der Waals surface area contributed by atoms with Gasteiger partial charge in [0.05, 0.1) is 11.3 Å². The lowest BCUT2D eigenvalue weighted by Crippen LogP contribution is -2.37. The number of aromatic nitrogens is 1. The number of carbonyl (C=O) groups is 1. The number of hydrogen-bond donors (Lipinski definition) is 2. The van der Waals surface area contributed by atoms with Gasteiger partial charge >= 0.3 is 0 Å². The SMILES string of the molecule is CCCNC1NC(=O)c2ccsc2-n2cccc21. The van der Waals surface area contributed by atoms with Gasteiger partial charge in [0.2, 0.25) is 0 Å². The molecule has 0 radical (unpaired) electrons. The molecule has 0 aromatic carbocycles. The number of amides is 1. The van der Waals surface area contributed by atoms with Crippen LogP contribution in [0.25, 0.3) is 5.00 Å². The molecule has 5 heteroatoms. The highest BCUT2D eigenvalue weighted by molar-refractivity contribution is 7.13. The molecule has 4 nitrogen and oxygen atoms in total. The van der Waals surface area contributed by atoms with E-state index in [1.807, 2.05) is 29.8 Å². The van der Waals surface area contributed by atoms with Crippen molar-refractivity contribution in [2.75, 3.05) is 6.54 Å². The van der Waals surface area contributed by atoms with Crippen molar-refractivity contribution in [2.24, 2.45) is 0 Å². The summed E-state index contributed by atoms with van der Waals surface area (Å²) in [7, 11) is 0. The minimum atomic E-state index is -0.118. The summed E-state index contributed by atoms with van der Waals surface area (Å²) in [5.74, 6) is -0.0106. The van der Waals surface area contributed by atoms with E-state index in [0.29, 0.717) is 0 Å². The summed E-state index contributed by atoms with van der Waals surface area (Å²) in [6.45, 7) is 2.99. The molecule has 0 aliphatic carbocycles. The average molecular weight is 261 g/mol. The van der Waals surface area contributed by atoms with Crippen LogP contribution >= 0.6 is 11.3 Å². The number of fused-ring (bicyclic) bond motifs is 3. The Morgan fingerprint density at radius 1 is 1.50 bits per heavy atom. The van der Waals surface area contributed by atoms with Gasteiger partial charge in [-0.15, -0.1) is 11.3 Å². The maximum atomic E-state index is 12.1. The molecule has 1 aliphatic heterocycles. The summed E-state index contributed by atoms with van der Waals surface area (Å²) >= 11 is 1.59. The third-order valence-electron chi connectivity index (χ3n) is 3.06. The van der Waals surface area contributed by atoms with Crippen LogP contribution < -0.4 is 10.6 Å². The second-order valence-electron chi connectivity index (χ2n) is 4.30. The Morgan fingerprint density at radius 3 is 3.22 bits per heavy atom. The largest absolute Gasteiger partial charge is 0.331 e. The highest BCUT2D eigenvalue weighted by atomic mass is 32.1.